The SMILES string of the molecule is Cc1ccc2ccccc2c1N1c2cc3oc4ccccc4c3c3c2B(c2c1cc1c4ccccc4n4c5ccccc5c2c14)n1c2ccc(-c4ccccc4)cc2c2cc(-c4ccccc4)cc-3c21. The normalized spacial score (nSPS) is 13.2. The van der Waals surface area contributed by atoms with Crippen LogP contribution in [0, 0.1) is 6.92 Å². The van der Waals surface area contributed by atoms with Crippen molar-refractivity contribution in [1.29, 1.82) is 0 Å². The molecule has 0 amide bonds. The maximum absolute atomic E-state index is 7.11. The van der Waals surface area contributed by atoms with Gasteiger partial charge in [0.15, 0.2) is 0 Å². The molecule has 5 heteroatoms. The van der Waals surface area contributed by atoms with Crippen molar-refractivity contribution in [3.8, 4) is 33.4 Å². The number of fused-ring (bicyclic) bond motifs is 19. The lowest BCUT2D eigenvalue weighted by Gasteiger charge is -2.42. The summed E-state index contributed by atoms with van der Waals surface area (Å²) in [6.07, 6.45) is 0. The van der Waals surface area contributed by atoms with Crippen LogP contribution in [0.2, 0.25) is 0 Å². The second kappa shape index (κ2) is 13.1. The molecule has 17 rings (SSSR count). The van der Waals surface area contributed by atoms with Gasteiger partial charge in [0.1, 0.15) is 11.2 Å². The molecule has 322 valence electrons. The van der Waals surface area contributed by atoms with Crippen LogP contribution in [0.15, 0.2) is 217 Å². The van der Waals surface area contributed by atoms with Crippen LogP contribution in [0.4, 0.5) is 17.1 Å². The minimum Gasteiger partial charge on any atom is -0.456 e. The van der Waals surface area contributed by atoms with Crippen molar-refractivity contribution < 1.29 is 4.42 Å². The van der Waals surface area contributed by atoms with Crippen LogP contribution in [0.25, 0.3) is 126 Å². The molecule has 4 nitrogen and oxygen atoms in total. The van der Waals surface area contributed by atoms with Gasteiger partial charge in [0, 0.05) is 82.5 Å². The quantitative estimate of drug-likeness (QED) is 0.165. The van der Waals surface area contributed by atoms with Gasteiger partial charge in [0.05, 0.1) is 22.2 Å². The standard InChI is InChI=1S/C65H38BN3O/c1-37-28-29-40-20-8-9-21-43(40)63(37)68-54-35-49-44-22-10-13-25-51(44)67-52-26-14-11-23-45(52)60(65(49)67)62(54)66-61-55(68)36-57-58(46-24-12-15-27-56(46)70-57)59(61)50-34-42(39-18-6-3-7-19-39)33-48-47-32-41(38-16-4-2-5-17-38)30-31-53(47)69(66)64(48)50/h2-36H,1H3. The van der Waals surface area contributed by atoms with Crippen LogP contribution in [0.5, 0.6) is 0 Å². The first-order valence-corrected chi connectivity index (χ1v) is 24.4. The first-order valence-electron chi connectivity index (χ1n) is 24.4. The van der Waals surface area contributed by atoms with Crippen LogP contribution in [-0.4, -0.2) is 15.7 Å². The summed E-state index contributed by atoms with van der Waals surface area (Å²) < 4.78 is 12.4. The number of aryl methyl sites for hydroxylation is 1. The Kier molecular flexibility index (Phi) is 6.94. The number of rotatable bonds is 3. The minimum atomic E-state index is -0.209. The van der Waals surface area contributed by atoms with Crippen molar-refractivity contribution in [2.45, 2.75) is 6.92 Å². The lowest BCUT2D eigenvalue weighted by molar-refractivity contribution is 0.669. The van der Waals surface area contributed by atoms with E-state index in [-0.39, 0.29) is 6.85 Å². The van der Waals surface area contributed by atoms with Crippen molar-refractivity contribution in [1.82, 2.24) is 8.88 Å². The van der Waals surface area contributed by atoms with Crippen molar-refractivity contribution in [2.24, 2.45) is 0 Å². The Morgan fingerprint density at radius 2 is 1.04 bits per heavy atom. The lowest BCUT2D eigenvalue weighted by Crippen LogP contribution is -2.57. The summed E-state index contributed by atoms with van der Waals surface area (Å²) in [5.41, 5.74) is 22.6. The van der Waals surface area contributed by atoms with Gasteiger partial charge in [-0.1, -0.05) is 158 Å². The Morgan fingerprint density at radius 3 is 1.86 bits per heavy atom. The first kappa shape index (κ1) is 37.0. The number of benzene rings is 11. The molecule has 6 heterocycles. The number of nitrogens with zero attached hydrogens (tertiary/aromatic N) is 3. The largest absolute Gasteiger partial charge is 0.456 e. The number of hydrogen-bond acceptors (Lipinski definition) is 2. The van der Waals surface area contributed by atoms with E-state index in [0.717, 1.165) is 27.6 Å². The van der Waals surface area contributed by atoms with E-state index < -0.39 is 0 Å². The monoisotopic (exact) mass is 887 g/mol. The van der Waals surface area contributed by atoms with Crippen LogP contribution < -0.4 is 15.8 Å². The van der Waals surface area contributed by atoms with Gasteiger partial charge in [-0.25, -0.2) is 0 Å². The number of furan rings is 1. The number of aromatic nitrogens is 2. The molecule has 0 spiro atoms. The summed E-state index contributed by atoms with van der Waals surface area (Å²) in [7, 11) is 0. The summed E-state index contributed by atoms with van der Waals surface area (Å²) in [6, 6.07) is 79.1. The second-order valence-electron chi connectivity index (χ2n) is 19.6. The third-order valence-corrected chi connectivity index (χ3v) is 16.1. The molecule has 4 aromatic heterocycles. The molecule has 70 heavy (non-hydrogen) atoms. The molecule has 0 radical (unpaired) electrons. The maximum Gasteiger partial charge on any atom is 0.333 e. The average Bonchev–Trinajstić information content (AvgIpc) is 4.16. The highest BCUT2D eigenvalue weighted by molar-refractivity contribution is 6.92. The molecule has 2 aliphatic heterocycles. The van der Waals surface area contributed by atoms with Gasteiger partial charge in [-0.15, -0.1) is 0 Å². The first-order chi connectivity index (χ1) is 34.7. The van der Waals surface area contributed by atoms with E-state index >= 15 is 0 Å². The number of anilines is 3. The van der Waals surface area contributed by atoms with Crippen LogP contribution in [-0.2, 0) is 0 Å². The van der Waals surface area contributed by atoms with Crippen molar-refractivity contribution in [3.05, 3.63) is 218 Å². The molecule has 0 saturated heterocycles. The van der Waals surface area contributed by atoms with Crippen LogP contribution in [0.3, 0.4) is 0 Å². The fraction of sp³-hybridized carbons (Fsp3) is 0.0154. The number of para-hydroxylation sites is 3. The molecule has 0 N–H and O–H groups in total. The van der Waals surface area contributed by atoms with E-state index in [9.17, 15) is 0 Å². The fourth-order valence-corrected chi connectivity index (χ4v) is 13.3. The Labute approximate surface area is 401 Å². The maximum atomic E-state index is 7.11. The lowest BCUT2D eigenvalue weighted by atomic mass is 9.44. The van der Waals surface area contributed by atoms with E-state index in [1.165, 1.54) is 132 Å². The van der Waals surface area contributed by atoms with Gasteiger partial charge in [0.25, 0.3) is 0 Å². The van der Waals surface area contributed by atoms with Crippen LogP contribution in [0.1, 0.15) is 5.56 Å². The molecule has 11 aromatic carbocycles. The van der Waals surface area contributed by atoms with Gasteiger partial charge in [-0.3, -0.25) is 0 Å². The molecule has 0 aliphatic carbocycles. The number of hydrogen-bond donors (Lipinski definition) is 0. The Bertz CT molecular complexity index is 4790. The van der Waals surface area contributed by atoms with Gasteiger partial charge in [0.2, 0.25) is 0 Å². The average molecular weight is 888 g/mol. The summed E-state index contributed by atoms with van der Waals surface area (Å²) in [5.74, 6) is 0. The topological polar surface area (TPSA) is 25.7 Å². The summed E-state index contributed by atoms with van der Waals surface area (Å²) in [6.45, 7) is 2.08. The molecule has 15 aromatic rings. The Morgan fingerprint density at radius 1 is 0.400 bits per heavy atom. The highest BCUT2D eigenvalue weighted by Gasteiger charge is 2.47. The van der Waals surface area contributed by atoms with E-state index in [2.05, 4.69) is 233 Å². The van der Waals surface area contributed by atoms with Crippen LogP contribution >= 0.6 is 0 Å². The molecule has 0 saturated carbocycles. The molecule has 0 fully saturated rings. The smallest absolute Gasteiger partial charge is 0.333 e. The molecule has 0 bridgehead atoms. The predicted molar refractivity (Wildman–Crippen MR) is 295 cm³/mol. The zero-order valence-electron chi connectivity index (χ0n) is 38.0. The fourth-order valence-electron chi connectivity index (χ4n) is 13.3. The van der Waals surface area contributed by atoms with Gasteiger partial charge in [-0.05, 0) is 105 Å². The van der Waals surface area contributed by atoms with E-state index in [4.69, 9.17) is 4.42 Å². The Hall–Kier alpha value is -9.06. The molecular weight excluding hydrogens is 850 g/mol. The minimum absolute atomic E-state index is 0.209. The van der Waals surface area contributed by atoms with E-state index in [0.29, 0.717) is 0 Å². The third-order valence-electron chi connectivity index (χ3n) is 16.1. The molecule has 2 aliphatic rings. The molecule has 0 atom stereocenters. The van der Waals surface area contributed by atoms with Crippen molar-refractivity contribution in [2.75, 3.05) is 4.90 Å². The summed E-state index contributed by atoms with van der Waals surface area (Å²) in [5, 5.41) is 12.3. The van der Waals surface area contributed by atoms with E-state index in [1.807, 2.05) is 0 Å². The second-order valence-corrected chi connectivity index (χ2v) is 19.6. The van der Waals surface area contributed by atoms with Gasteiger partial charge >= 0.3 is 6.85 Å². The predicted octanol–water partition coefficient (Wildman–Crippen LogP) is 16.1. The van der Waals surface area contributed by atoms with Gasteiger partial charge in [-0.2, -0.15) is 0 Å². The van der Waals surface area contributed by atoms with Gasteiger partial charge < -0.3 is 18.2 Å². The van der Waals surface area contributed by atoms with Crippen molar-refractivity contribution >= 4 is 127 Å². The summed E-state index contributed by atoms with van der Waals surface area (Å²) >= 11 is 0. The summed E-state index contributed by atoms with van der Waals surface area (Å²) in [4.78, 5) is 2.64. The Balaban J connectivity index is 1.15. The van der Waals surface area contributed by atoms with E-state index in [1.54, 1.807) is 0 Å². The van der Waals surface area contributed by atoms with Crippen molar-refractivity contribution in [3.63, 3.8) is 0 Å². The zero-order chi connectivity index (χ0) is 45.5. The highest BCUT2D eigenvalue weighted by Crippen LogP contribution is 2.54. The third kappa shape index (κ3) is 4.53. The highest BCUT2D eigenvalue weighted by atomic mass is 16.3. The molecular formula is C65H38BN3O. The zero-order valence-corrected chi connectivity index (χ0v) is 38.0. The molecule has 0 unspecified atom stereocenters.